The monoisotopic (exact) mass is 257 g/mol. The van der Waals surface area contributed by atoms with Gasteiger partial charge in [-0.2, -0.15) is 0 Å². The molecule has 0 aliphatic carbocycles. The van der Waals surface area contributed by atoms with Crippen LogP contribution in [0.2, 0.25) is 0 Å². The van der Waals surface area contributed by atoms with E-state index in [2.05, 4.69) is 21.0 Å². The van der Waals surface area contributed by atoms with Crippen LogP contribution in [0.1, 0.15) is 33.1 Å². The average molecular weight is 258 g/mol. The molecule has 0 aliphatic rings. The third kappa shape index (κ3) is 10.8. The van der Waals surface area contributed by atoms with Gasteiger partial charge in [-0.15, -0.1) is 11.6 Å². The van der Waals surface area contributed by atoms with E-state index < -0.39 is 0 Å². The van der Waals surface area contributed by atoms with Gasteiger partial charge >= 0.3 is 0 Å². The Morgan fingerprint density at radius 2 is 1.80 bits per heavy atom. The lowest BCUT2D eigenvalue weighted by Crippen LogP contribution is -3.00. The topological polar surface area (TPSA) is 20.2 Å². The van der Waals surface area contributed by atoms with Gasteiger partial charge in [0.1, 0.15) is 12.6 Å². The van der Waals surface area contributed by atoms with Crippen molar-refractivity contribution in [3.05, 3.63) is 0 Å². The molecule has 0 radical (unpaired) electrons. The van der Waals surface area contributed by atoms with Gasteiger partial charge in [0.15, 0.2) is 0 Å². The molecular formula is C11H25Cl2NO. The number of alkyl halides is 1. The zero-order chi connectivity index (χ0) is 11.2. The van der Waals surface area contributed by atoms with Crippen molar-refractivity contribution in [2.45, 2.75) is 44.6 Å². The van der Waals surface area contributed by atoms with E-state index in [1.807, 2.05) is 6.92 Å². The number of rotatable bonds is 7. The Hall–Kier alpha value is 0.500. The van der Waals surface area contributed by atoms with E-state index in [1.165, 1.54) is 0 Å². The minimum Gasteiger partial charge on any atom is -1.00 e. The molecule has 4 heteroatoms. The fourth-order valence-electron chi connectivity index (χ4n) is 1.75. The first-order valence-corrected chi connectivity index (χ1v) is 5.95. The Labute approximate surface area is 106 Å². The van der Waals surface area contributed by atoms with Crippen molar-refractivity contribution in [1.82, 2.24) is 0 Å². The van der Waals surface area contributed by atoms with E-state index in [-0.39, 0.29) is 18.5 Å². The van der Waals surface area contributed by atoms with E-state index in [0.717, 1.165) is 36.8 Å². The molecule has 2 unspecified atom stereocenters. The van der Waals surface area contributed by atoms with Crippen molar-refractivity contribution in [1.29, 1.82) is 0 Å². The van der Waals surface area contributed by atoms with Crippen LogP contribution >= 0.6 is 11.6 Å². The lowest BCUT2D eigenvalue weighted by Gasteiger charge is -2.31. The van der Waals surface area contributed by atoms with Crippen LogP contribution in [0.25, 0.3) is 0 Å². The summed E-state index contributed by atoms with van der Waals surface area (Å²) in [6.45, 7) is 5.84. The van der Waals surface area contributed by atoms with E-state index in [0.29, 0.717) is 5.38 Å². The highest BCUT2D eigenvalue weighted by atomic mass is 35.5. The number of hydrogen-bond acceptors (Lipinski definition) is 1. The summed E-state index contributed by atoms with van der Waals surface area (Å²) in [5, 5.41) is 9.61. The SMILES string of the molecule is CCCC(Cl)CC[N+](C)(C)CC(C)O.[Cl-]. The van der Waals surface area contributed by atoms with E-state index in [9.17, 15) is 5.11 Å². The van der Waals surface area contributed by atoms with Gasteiger partial charge < -0.3 is 22.0 Å². The average Bonchev–Trinajstić information content (AvgIpc) is 1.99. The summed E-state index contributed by atoms with van der Waals surface area (Å²) in [7, 11) is 4.28. The Morgan fingerprint density at radius 3 is 2.20 bits per heavy atom. The number of halogens is 2. The van der Waals surface area contributed by atoms with Crippen molar-refractivity contribution >= 4 is 11.6 Å². The highest BCUT2D eigenvalue weighted by Gasteiger charge is 2.19. The Morgan fingerprint density at radius 1 is 1.27 bits per heavy atom. The standard InChI is InChI=1S/C11H25ClNO.ClH/c1-5-6-11(12)7-8-13(3,4)9-10(2)14;/h10-11,14H,5-9H2,1-4H3;1H/q+1;/p-1. The predicted octanol–water partition coefficient (Wildman–Crippen LogP) is -0.755. The van der Waals surface area contributed by atoms with Crippen molar-refractivity contribution in [2.75, 3.05) is 27.2 Å². The van der Waals surface area contributed by atoms with Crippen LogP contribution in [-0.4, -0.2) is 48.3 Å². The van der Waals surface area contributed by atoms with Gasteiger partial charge in [-0.05, 0) is 13.3 Å². The summed E-state index contributed by atoms with van der Waals surface area (Å²) in [6.07, 6.45) is 3.05. The summed E-state index contributed by atoms with van der Waals surface area (Å²) in [5.74, 6) is 0. The molecule has 0 aliphatic heterocycles. The molecule has 15 heavy (non-hydrogen) atoms. The van der Waals surface area contributed by atoms with Crippen molar-refractivity contribution in [2.24, 2.45) is 0 Å². The number of quaternary nitrogens is 1. The molecule has 0 saturated heterocycles. The maximum Gasteiger partial charge on any atom is 0.104 e. The second-order valence-corrected chi connectivity index (χ2v) is 5.48. The van der Waals surface area contributed by atoms with Crippen molar-refractivity contribution in [3.63, 3.8) is 0 Å². The maximum atomic E-state index is 9.31. The van der Waals surface area contributed by atoms with E-state index in [4.69, 9.17) is 11.6 Å². The Kier molecular flexibility index (Phi) is 10.3. The van der Waals surface area contributed by atoms with Gasteiger partial charge in [0.05, 0.1) is 20.6 Å². The molecular weight excluding hydrogens is 233 g/mol. The highest BCUT2D eigenvalue weighted by Crippen LogP contribution is 2.12. The van der Waals surface area contributed by atoms with Gasteiger partial charge in [0.25, 0.3) is 0 Å². The van der Waals surface area contributed by atoms with Gasteiger partial charge in [-0.1, -0.05) is 13.3 Å². The van der Waals surface area contributed by atoms with Gasteiger partial charge in [-0.3, -0.25) is 0 Å². The number of aliphatic hydroxyl groups is 1. The molecule has 0 bridgehead atoms. The molecule has 0 saturated carbocycles. The maximum absolute atomic E-state index is 9.31. The van der Waals surface area contributed by atoms with Crippen LogP contribution in [0, 0.1) is 0 Å². The number of aliphatic hydroxyl groups excluding tert-OH is 1. The molecule has 0 aromatic rings. The van der Waals surface area contributed by atoms with Gasteiger partial charge in [0.2, 0.25) is 0 Å². The van der Waals surface area contributed by atoms with Gasteiger partial charge in [0, 0.05) is 11.8 Å². The molecule has 0 aromatic heterocycles. The lowest BCUT2D eigenvalue weighted by atomic mass is 10.2. The predicted molar refractivity (Wildman–Crippen MR) is 62.7 cm³/mol. The van der Waals surface area contributed by atoms with E-state index >= 15 is 0 Å². The fraction of sp³-hybridized carbons (Fsp3) is 1.00. The molecule has 2 atom stereocenters. The zero-order valence-electron chi connectivity index (χ0n) is 10.3. The summed E-state index contributed by atoms with van der Waals surface area (Å²) < 4.78 is 0.852. The quantitative estimate of drug-likeness (QED) is 0.470. The molecule has 0 rings (SSSR count). The van der Waals surface area contributed by atoms with Crippen LogP contribution in [0.4, 0.5) is 0 Å². The Balaban J connectivity index is 0. The molecule has 0 amide bonds. The molecule has 94 valence electrons. The molecule has 2 nitrogen and oxygen atoms in total. The summed E-state index contributed by atoms with van der Waals surface area (Å²) in [4.78, 5) is 0. The smallest absolute Gasteiger partial charge is 0.104 e. The van der Waals surface area contributed by atoms with Crippen LogP contribution in [0.15, 0.2) is 0 Å². The third-order valence-electron chi connectivity index (χ3n) is 2.41. The summed E-state index contributed by atoms with van der Waals surface area (Å²) in [5.41, 5.74) is 0. The first kappa shape index (κ1) is 17.9. The Bertz CT molecular complexity index is 152. The van der Waals surface area contributed by atoms with Crippen LogP contribution in [0.3, 0.4) is 0 Å². The minimum atomic E-state index is -0.232. The van der Waals surface area contributed by atoms with Crippen molar-refractivity contribution in [3.8, 4) is 0 Å². The number of nitrogens with zero attached hydrogens (tertiary/aromatic N) is 1. The second kappa shape index (κ2) is 8.63. The highest BCUT2D eigenvalue weighted by molar-refractivity contribution is 6.20. The van der Waals surface area contributed by atoms with E-state index in [1.54, 1.807) is 0 Å². The molecule has 0 spiro atoms. The minimum absolute atomic E-state index is 0. The molecule has 0 heterocycles. The van der Waals surface area contributed by atoms with Crippen LogP contribution in [-0.2, 0) is 0 Å². The molecule has 0 aromatic carbocycles. The summed E-state index contributed by atoms with van der Waals surface area (Å²) in [6, 6.07) is 0. The second-order valence-electron chi connectivity index (χ2n) is 4.87. The van der Waals surface area contributed by atoms with Crippen molar-refractivity contribution < 1.29 is 22.0 Å². The normalized spacial score (nSPS) is 15.6. The number of likely N-dealkylation sites (N-methyl/N-ethyl adjacent to an activating group) is 1. The first-order valence-electron chi connectivity index (χ1n) is 5.51. The van der Waals surface area contributed by atoms with Crippen LogP contribution < -0.4 is 12.4 Å². The van der Waals surface area contributed by atoms with Crippen LogP contribution in [0.5, 0.6) is 0 Å². The largest absolute Gasteiger partial charge is 1.00 e. The molecule has 1 N–H and O–H groups in total. The lowest BCUT2D eigenvalue weighted by molar-refractivity contribution is -0.893. The molecule has 0 fully saturated rings. The number of hydrogen-bond donors (Lipinski definition) is 1. The summed E-state index contributed by atoms with van der Waals surface area (Å²) >= 11 is 6.15. The zero-order valence-corrected chi connectivity index (χ0v) is 11.9. The first-order chi connectivity index (χ1) is 6.37. The third-order valence-corrected chi connectivity index (χ3v) is 2.84. The fourth-order valence-corrected chi connectivity index (χ4v) is 2.07. The van der Waals surface area contributed by atoms with Gasteiger partial charge in [-0.25, -0.2) is 0 Å².